The predicted octanol–water partition coefficient (Wildman–Crippen LogP) is 3.99. The molecule has 24 heavy (non-hydrogen) atoms. The standard InChI is InChI=1S/C19H19ClN2O2/c1-19(13-23,15-7-3-2-4-8-15)21-11-17-12-24-18(22-17)14-6-5-9-16(20)10-14/h2-10,12,21,23H,11,13H2,1H3. The number of benzene rings is 2. The van der Waals surface area contributed by atoms with Crippen LogP contribution in [0.15, 0.2) is 65.3 Å². The molecule has 1 aromatic heterocycles. The van der Waals surface area contributed by atoms with Crippen LogP contribution < -0.4 is 5.32 Å². The highest BCUT2D eigenvalue weighted by Gasteiger charge is 2.25. The van der Waals surface area contributed by atoms with Gasteiger partial charge in [0.05, 0.1) is 17.8 Å². The maximum atomic E-state index is 9.81. The van der Waals surface area contributed by atoms with Crippen molar-refractivity contribution in [1.29, 1.82) is 0 Å². The average Bonchev–Trinajstić information content (AvgIpc) is 3.10. The van der Waals surface area contributed by atoms with Crippen molar-refractivity contribution in [3.63, 3.8) is 0 Å². The first-order chi connectivity index (χ1) is 11.6. The van der Waals surface area contributed by atoms with Gasteiger partial charge >= 0.3 is 0 Å². The van der Waals surface area contributed by atoms with Crippen LogP contribution in [0, 0.1) is 0 Å². The predicted molar refractivity (Wildman–Crippen MR) is 94.7 cm³/mol. The van der Waals surface area contributed by atoms with Crippen LogP contribution in [0.2, 0.25) is 5.02 Å². The van der Waals surface area contributed by atoms with E-state index in [1.807, 2.05) is 61.5 Å². The van der Waals surface area contributed by atoms with Crippen LogP contribution in [0.1, 0.15) is 18.2 Å². The lowest BCUT2D eigenvalue weighted by atomic mass is 9.93. The van der Waals surface area contributed by atoms with Crippen LogP contribution in [-0.2, 0) is 12.1 Å². The van der Waals surface area contributed by atoms with Crippen LogP contribution in [0.25, 0.3) is 11.5 Å². The SMILES string of the molecule is CC(CO)(NCc1coc(-c2cccc(Cl)c2)n1)c1ccccc1. The highest BCUT2D eigenvalue weighted by atomic mass is 35.5. The Morgan fingerprint density at radius 1 is 1.17 bits per heavy atom. The van der Waals surface area contributed by atoms with E-state index in [0.717, 1.165) is 16.8 Å². The van der Waals surface area contributed by atoms with E-state index in [4.69, 9.17) is 16.0 Å². The molecule has 0 fully saturated rings. The molecule has 1 atom stereocenters. The van der Waals surface area contributed by atoms with E-state index in [0.29, 0.717) is 17.5 Å². The van der Waals surface area contributed by atoms with Gasteiger partial charge in [-0.1, -0.05) is 48.0 Å². The van der Waals surface area contributed by atoms with Crippen molar-refractivity contribution in [1.82, 2.24) is 10.3 Å². The summed E-state index contributed by atoms with van der Waals surface area (Å²) in [5, 5.41) is 13.8. The number of hydrogen-bond donors (Lipinski definition) is 2. The molecule has 5 heteroatoms. The lowest BCUT2D eigenvalue weighted by Crippen LogP contribution is -2.42. The monoisotopic (exact) mass is 342 g/mol. The molecule has 3 aromatic rings. The maximum absolute atomic E-state index is 9.81. The molecule has 0 aliphatic carbocycles. The van der Waals surface area contributed by atoms with E-state index in [2.05, 4.69) is 10.3 Å². The number of aromatic nitrogens is 1. The molecule has 3 rings (SSSR count). The molecule has 0 spiro atoms. The van der Waals surface area contributed by atoms with Crippen LogP contribution >= 0.6 is 11.6 Å². The lowest BCUT2D eigenvalue weighted by Gasteiger charge is -2.29. The van der Waals surface area contributed by atoms with Gasteiger partial charge in [0.25, 0.3) is 0 Å². The van der Waals surface area contributed by atoms with Crippen molar-refractivity contribution in [3.8, 4) is 11.5 Å². The quantitative estimate of drug-likeness (QED) is 0.711. The molecule has 0 aliphatic heterocycles. The molecule has 0 radical (unpaired) electrons. The van der Waals surface area contributed by atoms with Gasteiger partial charge in [-0.25, -0.2) is 4.98 Å². The molecule has 0 saturated heterocycles. The van der Waals surface area contributed by atoms with Gasteiger partial charge in [0.2, 0.25) is 5.89 Å². The summed E-state index contributed by atoms with van der Waals surface area (Å²) >= 11 is 6.00. The van der Waals surface area contributed by atoms with Crippen LogP contribution in [0.5, 0.6) is 0 Å². The number of oxazole rings is 1. The van der Waals surface area contributed by atoms with Crippen molar-refractivity contribution < 1.29 is 9.52 Å². The number of nitrogens with zero attached hydrogens (tertiary/aromatic N) is 1. The minimum Gasteiger partial charge on any atom is -0.444 e. The molecule has 1 unspecified atom stereocenters. The van der Waals surface area contributed by atoms with Gasteiger partial charge in [0, 0.05) is 17.1 Å². The summed E-state index contributed by atoms with van der Waals surface area (Å²) in [6.45, 7) is 2.42. The number of aliphatic hydroxyl groups is 1. The van der Waals surface area contributed by atoms with E-state index in [1.54, 1.807) is 6.26 Å². The second kappa shape index (κ2) is 7.18. The van der Waals surface area contributed by atoms with E-state index < -0.39 is 5.54 Å². The van der Waals surface area contributed by atoms with Crippen molar-refractivity contribution >= 4 is 11.6 Å². The normalized spacial score (nSPS) is 13.6. The van der Waals surface area contributed by atoms with Crippen molar-refractivity contribution in [2.45, 2.75) is 19.0 Å². The van der Waals surface area contributed by atoms with E-state index in [9.17, 15) is 5.11 Å². The van der Waals surface area contributed by atoms with Gasteiger partial charge in [0.15, 0.2) is 0 Å². The molecule has 4 nitrogen and oxygen atoms in total. The summed E-state index contributed by atoms with van der Waals surface area (Å²) < 4.78 is 5.54. The zero-order valence-electron chi connectivity index (χ0n) is 13.4. The summed E-state index contributed by atoms with van der Waals surface area (Å²) in [5.41, 5.74) is 2.07. The number of aliphatic hydroxyl groups excluding tert-OH is 1. The lowest BCUT2D eigenvalue weighted by molar-refractivity contribution is 0.173. The first-order valence-corrected chi connectivity index (χ1v) is 8.10. The Morgan fingerprint density at radius 2 is 1.96 bits per heavy atom. The Hall–Kier alpha value is -2.14. The number of nitrogens with one attached hydrogen (secondary N) is 1. The summed E-state index contributed by atoms with van der Waals surface area (Å²) in [6, 6.07) is 17.2. The molecule has 0 bridgehead atoms. The van der Waals surface area contributed by atoms with Gasteiger partial charge in [-0.3, -0.25) is 5.32 Å². The molecule has 1 heterocycles. The van der Waals surface area contributed by atoms with E-state index in [-0.39, 0.29) is 6.61 Å². The third-order valence-electron chi connectivity index (χ3n) is 4.01. The fraction of sp³-hybridized carbons (Fsp3) is 0.211. The van der Waals surface area contributed by atoms with Gasteiger partial charge < -0.3 is 9.52 Å². The fourth-order valence-corrected chi connectivity index (χ4v) is 2.67. The number of hydrogen-bond acceptors (Lipinski definition) is 4. The van der Waals surface area contributed by atoms with Crippen LogP contribution in [-0.4, -0.2) is 16.7 Å². The van der Waals surface area contributed by atoms with Gasteiger partial charge in [-0.15, -0.1) is 0 Å². The fourth-order valence-electron chi connectivity index (χ4n) is 2.48. The minimum absolute atomic E-state index is 0.0178. The molecule has 0 amide bonds. The molecular weight excluding hydrogens is 324 g/mol. The topological polar surface area (TPSA) is 58.3 Å². The number of rotatable bonds is 6. The summed E-state index contributed by atoms with van der Waals surface area (Å²) in [5.74, 6) is 0.528. The summed E-state index contributed by atoms with van der Waals surface area (Å²) in [4.78, 5) is 4.48. The van der Waals surface area contributed by atoms with Crippen LogP contribution in [0.3, 0.4) is 0 Å². The number of halogens is 1. The summed E-state index contributed by atoms with van der Waals surface area (Å²) in [7, 11) is 0. The van der Waals surface area contributed by atoms with Crippen molar-refractivity contribution in [2.75, 3.05) is 6.61 Å². The van der Waals surface area contributed by atoms with Gasteiger partial charge in [-0.2, -0.15) is 0 Å². The van der Waals surface area contributed by atoms with Gasteiger partial charge in [-0.05, 0) is 30.7 Å². The Labute approximate surface area is 146 Å². The summed E-state index contributed by atoms with van der Waals surface area (Å²) in [6.07, 6.45) is 1.62. The zero-order valence-corrected chi connectivity index (χ0v) is 14.1. The van der Waals surface area contributed by atoms with E-state index >= 15 is 0 Å². The Kier molecular flexibility index (Phi) is 5.00. The van der Waals surface area contributed by atoms with Crippen LogP contribution in [0.4, 0.5) is 0 Å². The second-order valence-corrected chi connectivity index (χ2v) is 6.30. The highest BCUT2D eigenvalue weighted by molar-refractivity contribution is 6.30. The Bertz CT molecular complexity index is 804. The third-order valence-corrected chi connectivity index (χ3v) is 4.25. The van der Waals surface area contributed by atoms with Crippen molar-refractivity contribution in [3.05, 3.63) is 77.1 Å². The molecule has 0 aliphatic rings. The average molecular weight is 343 g/mol. The maximum Gasteiger partial charge on any atom is 0.226 e. The van der Waals surface area contributed by atoms with Gasteiger partial charge in [0.1, 0.15) is 6.26 Å². The smallest absolute Gasteiger partial charge is 0.226 e. The molecular formula is C19H19ClN2O2. The molecule has 0 saturated carbocycles. The molecule has 2 N–H and O–H groups in total. The zero-order chi connectivity index (χ0) is 17.0. The largest absolute Gasteiger partial charge is 0.444 e. The third kappa shape index (κ3) is 3.67. The van der Waals surface area contributed by atoms with Crippen molar-refractivity contribution in [2.24, 2.45) is 0 Å². The second-order valence-electron chi connectivity index (χ2n) is 5.86. The first kappa shape index (κ1) is 16.7. The Balaban J connectivity index is 1.73. The minimum atomic E-state index is -0.545. The molecule has 124 valence electrons. The van der Waals surface area contributed by atoms with E-state index in [1.165, 1.54) is 0 Å². The first-order valence-electron chi connectivity index (χ1n) is 7.72. The Morgan fingerprint density at radius 3 is 2.67 bits per heavy atom. The molecule has 2 aromatic carbocycles. The highest BCUT2D eigenvalue weighted by Crippen LogP contribution is 2.23.